The number of para-hydroxylation sites is 4. The van der Waals surface area contributed by atoms with Gasteiger partial charge in [-0.15, -0.1) is 11.3 Å². The Balaban J connectivity index is 1.24. The highest BCUT2D eigenvalue weighted by atomic mass is 32.1. The summed E-state index contributed by atoms with van der Waals surface area (Å²) >= 11 is 1.79. The van der Waals surface area contributed by atoms with Gasteiger partial charge in [-0.1, -0.05) is 72.8 Å². The molecule has 0 saturated heterocycles. The third-order valence-electron chi connectivity index (χ3n) is 7.62. The highest BCUT2D eigenvalue weighted by Gasteiger charge is 2.19. The molecule has 0 amide bonds. The Bertz CT molecular complexity index is 1900. The summed E-state index contributed by atoms with van der Waals surface area (Å²) in [5.41, 5.74) is 8.50. The Morgan fingerprint density at radius 2 is 0.833 bits per heavy atom. The first kappa shape index (κ1) is 24.5. The molecule has 0 saturated carbocycles. The Hall–Kier alpha value is -5.32. The van der Waals surface area contributed by atoms with Gasteiger partial charge in [-0.3, -0.25) is 0 Å². The van der Waals surface area contributed by atoms with Crippen LogP contribution in [0.2, 0.25) is 0 Å². The number of fused-ring (bicyclic) bond motifs is 5. The van der Waals surface area contributed by atoms with Gasteiger partial charge < -0.3 is 14.2 Å². The average Bonchev–Trinajstić information content (AvgIpc) is 3.59. The van der Waals surface area contributed by atoms with E-state index in [2.05, 4.69) is 155 Å². The van der Waals surface area contributed by atoms with E-state index in [-0.39, 0.29) is 0 Å². The molecule has 8 aromatic rings. The number of furan rings is 1. The molecular formula is C38H26N2OS. The molecule has 0 fully saturated rings. The fraction of sp³-hybridized carbons (Fsp3) is 0. The van der Waals surface area contributed by atoms with Crippen molar-refractivity contribution in [3.63, 3.8) is 0 Å². The minimum absolute atomic E-state index is 0.895. The number of nitrogens with zero attached hydrogens (tertiary/aromatic N) is 2. The molecule has 4 heteroatoms. The van der Waals surface area contributed by atoms with E-state index in [1.165, 1.54) is 9.40 Å². The lowest BCUT2D eigenvalue weighted by molar-refractivity contribution is 0.673. The van der Waals surface area contributed by atoms with E-state index in [1.807, 2.05) is 12.1 Å². The molecule has 0 atom stereocenters. The van der Waals surface area contributed by atoms with Crippen molar-refractivity contribution in [3.8, 4) is 0 Å². The zero-order valence-electron chi connectivity index (χ0n) is 22.7. The maximum Gasteiger partial charge on any atom is 0.154 e. The summed E-state index contributed by atoms with van der Waals surface area (Å²) in [7, 11) is 0. The summed E-state index contributed by atoms with van der Waals surface area (Å²) in [5, 5.41) is 2.28. The van der Waals surface area contributed by atoms with Crippen LogP contribution < -0.4 is 9.80 Å². The molecule has 0 bridgehead atoms. The number of thiophene rings is 1. The maximum absolute atomic E-state index is 6.61. The molecule has 2 heterocycles. The minimum Gasteiger partial charge on any atom is -0.454 e. The first-order valence-electron chi connectivity index (χ1n) is 14.0. The molecule has 0 aliphatic rings. The molecule has 0 aliphatic carbocycles. The van der Waals surface area contributed by atoms with Crippen LogP contribution >= 0.6 is 11.3 Å². The van der Waals surface area contributed by atoms with Crippen LogP contribution in [0.5, 0.6) is 0 Å². The van der Waals surface area contributed by atoms with E-state index in [0.29, 0.717) is 0 Å². The van der Waals surface area contributed by atoms with Crippen LogP contribution in [-0.2, 0) is 0 Å². The molecule has 6 aromatic carbocycles. The Morgan fingerprint density at radius 3 is 1.31 bits per heavy atom. The normalized spacial score (nSPS) is 11.3. The summed E-state index contributed by atoms with van der Waals surface area (Å²) in [6.45, 7) is 0. The van der Waals surface area contributed by atoms with Gasteiger partial charge in [-0.2, -0.15) is 0 Å². The van der Waals surface area contributed by atoms with E-state index in [4.69, 9.17) is 4.42 Å². The molecule has 0 unspecified atom stereocenters. The summed E-state index contributed by atoms with van der Waals surface area (Å²) < 4.78 is 9.00. The van der Waals surface area contributed by atoms with Crippen molar-refractivity contribution in [1.82, 2.24) is 0 Å². The SMILES string of the molecule is c1ccc(N(c2ccccc2)c2ccc3c(c2)oc2c4ccc(N(c5ccccc5)c5ccccc5)cc4sc32)cc1. The van der Waals surface area contributed by atoms with Gasteiger partial charge in [0, 0.05) is 55.7 Å². The Labute approximate surface area is 248 Å². The third kappa shape index (κ3) is 4.21. The number of hydrogen-bond donors (Lipinski definition) is 0. The van der Waals surface area contributed by atoms with Crippen LogP contribution in [0.3, 0.4) is 0 Å². The molecule has 42 heavy (non-hydrogen) atoms. The molecule has 3 nitrogen and oxygen atoms in total. The van der Waals surface area contributed by atoms with Gasteiger partial charge in [0.2, 0.25) is 0 Å². The van der Waals surface area contributed by atoms with Gasteiger partial charge >= 0.3 is 0 Å². The van der Waals surface area contributed by atoms with E-state index in [9.17, 15) is 0 Å². The summed E-state index contributed by atoms with van der Waals surface area (Å²) in [5.74, 6) is 0. The van der Waals surface area contributed by atoms with Crippen LogP contribution in [0.25, 0.3) is 31.3 Å². The maximum atomic E-state index is 6.61. The van der Waals surface area contributed by atoms with Crippen molar-refractivity contribution in [1.29, 1.82) is 0 Å². The van der Waals surface area contributed by atoms with Gasteiger partial charge in [0.05, 0.1) is 4.70 Å². The second kappa shape index (κ2) is 10.3. The molecule has 200 valence electrons. The average molecular weight is 559 g/mol. The highest BCUT2D eigenvalue weighted by molar-refractivity contribution is 7.26. The topological polar surface area (TPSA) is 19.6 Å². The van der Waals surface area contributed by atoms with Crippen LogP contribution in [0.4, 0.5) is 34.1 Å². The Kier molecular flexibility index (Phi) is 5.98. The predicted octanol–water partition coefficient (Wildman–Crippen LogP) is 11.7. The minimum atomic E-state index is 0.895. The molecule has 0 radical (unpaired) electrons. The van der Waals surface area contributed by atoms with E-state index < -0.39 is 0 Å². The number of benzene rings is 6. The fourth-order valence-electron chi connectivity index (χ4n) is 5.71. The number of rotatable bonds is 6. The second-order valence-electron chi connectivity index (χ2n) is 10.2. The second-order valence-corrected chi connectivity index (χ2v) is 11.3. The highest BCUT2D eigenvalue weighted by Crippen LogP contribution is 2.45. The largest absolute Gasteiger partial charge is 0.454 e. The quantitative estimate of drug-likeness (QED) is 0.202. The molecule has 0 aliphatic heterocycles. The molecule has 0 N–H and O–H groups in total. The lowest BCUT2D eigenvalue weighted by atomic mass is 10.1. The van der Waals surface area contributed by atoms with Crippen molar-refractivity contribution >= 4 is 76.8 Å². The molecule has 2 aromatic heterocycles. The van der Waals surface area contributed by atoms with E-state index in [1.54, 1.807) is 11.3 Å². The van der Waals surface area contributed by atoms with E-state index >= 15 is 0 Å². The molecular weight excluding hydrogens is 532 g/mol. The lowest BCUT2D eigenvalue weighted by Gasteiger charge is -2.25. The summed E-state index contributed by atoms with van der Waals surface area (Å²) in [4.78, 5) is 4.56. The van der Waals surface area contributed by atoms with Gasteiger partial charge in [-0.05, 0) is 78.9 Å². The first-order chi connectivity index (χ1) is 20.8. The van der Waals surface area contributed by atoms with Gasteiger partial charge in [0.25, 0.3) is 0 Å². The monoisotopic (exact) mass is 558 g/mol. The van der Waals surface area contributed by atoms with Gasteiger partial charge in [-0.25, -0.2) is 0 Å². The van der Waals surface area contributed by atoms with Crippen LogP contribution in [0, 0.1) is 0 Å². The summed E-state index contributed by atoms with van der Waals surface area (Å²) in [6, 6.07) is 55.2. The zero-order chi connectivity index (χ0) is 27.9. The molecule has 0 spiro atoms. The van der Waals surface area contributed by atoms with Crippen LogP contribution in [-0.4, -0.2) is 0 Å². The van der Waals surface area contributed by atoms with Gasteiger partial charge in [0.1, 0.15) is 5.58 Å². The van der Waals surface area contributed by atoms with Crippen LogP contribution in [0.15, 0.2) is 162 Å². The third-order valence-corrected chi connectivity index (χ3v) is 8.79. The van der Waals surface area contributed by atoms with Gasteiger partial charge in [0.15, 0.2) is 5.58 Å². The lowest BCUT2D eigenvalue weighted by Crippen LogP contribution is -2.09. The fourth-order valence-corrected chi connectivity index (χ4v) is 6.91. The predicted molar refractivity (Wildman–Crippen MR) is 178 cm³/mol. The van der Waals surface area contributed by atoms with Crippen molar-refractivity contribution < 1.29 is 4.42 Å². The van der Waals surface area contributed by atoms with Crippen molar-refractivity contribution in [2.75, 3.05) is 9.80 Å². The van der Waals surface area contributed by atoms with Crippen molar-refractivity contribution in [2.24, 2.45) is 0 Å². The number of anilines is 6. The Morgan fingerprint density at radius 1 is 0.405 bits per heavy atom. The van der Waals surface area contributed by atoms with E-state index in [0.717, 1.165) is 56.1 Å². The standard InChI is InChI=1S/C38H26N2OS/c1-5-13-27(14-6-1)39(28-15-7-2-8-16-28)31-21-23-33-35(25-31)41-37-34-24-22-32(26-36(34)42-38(33)37)40(29-17-9-3-10-18-29)30-19-11-4-12-20-30/h1-26H. The van der Waals surface area contributed by atoms with Crippen LogP contribution in [0.1, 0.15) is 0 Å². The first-order valence-corrected chi connectivity index (χ1v) is 14.8. The van der Waals surface area contributed by atoms with Crippen molar-refractivity contribution in [3.05, 3.63) is 158 Å². The number of hydrogen-bond acceptors (Lipinski definition) is 4. The molecule has 8 rings (SSSR count). The summed E-state index contributed by atoms with van der Waals surface area (Å²) in [6.07, 6.45) is 0. The smallest absolute Gasteiger partial charge is 0.154 e. The van der Waals surface area contributed by atoms with Crippen molar-refractivity contribution in [2.45, 2.75) is 0 Å². The zero-order valence-corrected chi connectivity index (χ0v) is 23.5.